The summed E-state index contributed by atoms with van der Waals surface area (Å²) in [6.45, 7) is 5.29. The van der Waals surface area contributed by atoms with Crippen molar-refractivity contribution in [3.05, 3.63) is 0 Å². The maximum Gasteiger partial charge on any atom is 0.0587 e. The first-order valence-corrected chi connectivity index (χ1v) is 6.71. The molecule has 1 rings (SSSR count). The quantitative estimate of drug-likeness (QED) is 0.640. The van der Waals surface area contributed by atoms with Gasteiger partial charge in [-0.15, -0.1) is 0 Å². The van der Waals surface area contributed by atoms with Crippen molar-refractivity contribution in [2.45, 2.75) is 32.1 Å². The molecule has 1 saturated carbocycles. The molecule has 0 heterocycles. The molecule has 1 N–H and O–H groups in total. The number of likely N-dealkylation sites (N-methyl/N-ethyl adjacent to an activating group) is 1. The Balaban J connectivity index is 1.95. The summed E-state index contributed by atoms with van der Waals surface area (Å²) in [4.78, 5) is 2.47. The van der Waals surface area contributed by atoms with Crippen molar-refractivity contribution in [2.75, 3.05) is 46.9 Å². The molecule has 0 aromatic heterocycles. The lowest BCUT2D eigenvalue weighted by atomic mass is 9.89. The predicted octanol–water partition coefficient (Wildman–Crippen LogP) is 1.73. The van der Waals surface area contributed by atoms with E-state index in [0.29, 0.717) is 0 Å². The van der Waals surface area contributed by atoms with Gasteiger partial charge < -0.3 is 15.0 Å². The molecule has 0 atom stereocenters. The van der Waals surface area contributed by atoms with Crippen molar-refractivity contribution in [1.82, 2.24) is 10.2 Å². The Morgan fingerprint density at radius 1 is 1.19 bits per heavy atom. The van der Waals surface area contributed by atoms with E-state index in [1.54, 1.807) is 7.11 Å². The first-order chi connectivity index (χ1) is 7.83. The van der Waals surface area contributed by atoms with E-state index in [-0.39, 0.29) is 0 Å². The molecule has 0 unspecified atom stereocenters. The minimum absolute atomic E-state index is 0.812. The van der Waals surface area contributed by atoms with E-state index in [4.69, 9.17) is 4.74 Å². The summed E-state index contributed by atoms with van der Waals surface area (Å²) < 4.78 is 4.99. The van der Waals surface area contributed by atoms with Crippen molar-refractivity contribution >= 4 is 0 Å². The normalized spacial score (nSPS) is 18.2. The van der Waals surface area contributed by atoms with Gasteiger partial charge in [0, 0.05) is 33.3 Å². The zero-order valence-electron chi connectivity index (χ0n) is 11.0. The molecular weight excluding hydrogens is 200 g/mol. The number of hydrogen-bond acceptors (Lipinski definition) is 3. The average Bonchev–Trinajstić information content (AvgIpc) is 2.30. The summed E-state index contributed by atoms with van der Waals surface area (Å²) in [7, 11) is 3.99. The number of ether oxygens (including phenoxy) is 1. The van der Waals surface area contributed by atoms with Gasteiger partial charge in [-0.2, -0.15) is 0 Å². The molecule has 16 heavy (non-hydrogen) atoms. The molecule has 3 heteroatoms. The molecule has 1 aliphatic carbocycles. The minimum Gasteiger partial charge on any atom is -0.383 e. The molecule has 0 aromatic carbocycles. The van der Waals surface area contributed by atoms with Crippen LogP contribution in [0.1, 0.15) is 32.1 Å². The second-order valence-electron chi connectivity index (χ2n) is 5.01. The standard InChI is InChI=1S/C13H28N2O/c1-15(10-8-14-9-11-16-2)12-13-6-4-3-5-7-13/h13-14H,3-12H2,1-2H3. The summed E-state index contributed by atoms with van der Waals surface area (Å²) in [5, 5.41) is 3.39. The minimum atomic E-state index is 0.812. The van der Waals surface area contributed by atoms with Gasteiger partial charge in [0.25, 0.3) is 0 Å². The summed E-state index contributed by atoms with van der Waals surface area (Å²) in [5.74, 6) is 0.956. The van der Waals surface area contributed by atoms with E-state index in [9.17, 15) is 0 Å². The Kier molecular flexibility index (Phi) is 7.81. The highest BCUT2D eigenvalue weighted by Crippen LogP contribution is 2.23. The molecule has 0 amide bonds. The number of rotatable bonds is 8. The third-order valence-electron chi connectivity index (χ3n) is 3.45. The van der Waals surface area contributed by atoms with E-state index >= 15 is 0 Å². The second-order valence-corrected chi connectivity index (χ2v) is 5.01. The molecule has 0 aromatic rings. The highest BCUT2D eigenvalue weighted by molar-refractivity contribution is 4.69. The summed E-state index contributed by atoms with van der Waals surface area (Å²) in [6.07, 6.45) is 7.25. The summed E-state index contributed by atoms with van der Waals surface area (Å²) in [6, 6.07) is 0. The molecule has 0 aliphatic heterocycles. The summed E-state index contributed by atoms with van der Waals surface area (Å²) >= 11 is 0. The van der Waals surface area contributed by atoms with Crippen LogP contribution in [0.4, 0.5) is 0 Å². The first-order valence-electron chi connectivity index (χ1n) is 6.71. The van der Waals surface area contributed by atoms with Crippen molar-refractivity contribution in [3.63, 3.8) is 0 Å². The lowest BCUT2D eigenvalue weighted by molar-refractivity contribution is 0.195. The van der Waals surface area contributed by atoms with Crippen LogP contribution in [0.25, 0.3) is 0 Å². The SMILES string of the molecule is COCCNCCN(C)CC1CCCCC1. The van der Waals surface area contributed by atoms with Gasteiger partial charge in [0.2, 0.25) is 0 Å². The first kappa shape index (κ1) is 13.9. The second kappa shape index (κ2) is 8.97. The molecule has 0 radical (unpaired) electrons. The van der Waals surface area contributed by atoms with Crippen LogP contribution in [0.3, 0.4) is 0 Å². The largest absolute Gasteiger partial charge is 0.383 e. The zero-order chi connectivity index (χ0) is 11.6. The third kappa shape index (κ3) is 6.46. The van der Waals surface area contributed by atoms with Crippen LogP contribution in [0.5, 0.6) is 0 Å². The predicted molar refractivity (Wildman–Crippen MR) is 68.8 cm³/mol. The van der Waals surface area contributed by atoms with E-state index in [1.807, 2.05) is 0 Å². The number of nitrogens with one attached hydrogen (secondary N) is 1. The van der Waals surface area contributed by atoms with Gasteiger partial charge in [0.15, 0.2) is 0 Å². The lowest BCUT2D eigenvalue weighted by Gasteiger charge is -2.27. The van der Waals surface area contributed by atoms with Gasteiger partial charge in [-0.3, -0.25) is 0 Å². The topological polar surface area (TPSA) is 24.5 Å². The fourth-order valence-corrected chi connectivity index (χ4v) is 2.47. The van der Waals surface area contributed by atoms with E-state index in [2.05, 4.69) is 17.3 Å². The van der Waals surface area contributed by atoms with Gasteiger partial charge in [-0.05, 0) is 25.8 Å². The monoisotopic (exact) mass is 228 g/mol. The zero-order valence-corrected chi connectivity index (χ0v) is 11.0. The molecule has 1 aliphatic rings. The van der Waals surface area contributed by atoms with Crippen LogP contribution in [0.2, 0.25) is 0 Å². The van der Waals surface area contributed by atoms with Crippen LogP contribution in [-0.4, -0.2) is 51.8 Å². The molecule has 1 fully saturated rings. The van der Waals surface area contributed by atoms with E-state index < -0.39 is 0 Å². The Morgan fingerprint density at radius 3 is 2.62 bits per heavy atom. The Bertz CT molecular complexity index is 158. The maximum atomic E-state index is 4.99. The molecule has 96 valence electrons. The van der Waals surface area contributed by atoms with Crippen LogP contribution in [0, 0.1) is 5.92 Å². The molecule has 0 saturated heterocycles. The Hall–Kier alpha value is -0.120. The maximum absolute atomic E-state index is 4.99. The average molecular weight is 228 g/mol. The fourth-order valence-electron chi connectivity index (χ4n) is 2.47. The van der Waals surface area contributed by atoms with E-state index in [0.717, 1.165) is 32.2 Å². The number of methoxy groups -OCH3 is 1. The van der Waals surface area contributed by atoms with Crippen molar-refractivity contribution in [3.8, 4) is 0 Å². The summed E-state index contributed by atoms with van der Waals surface area (Å²) in [5.41, 5.74) is 0. The Labute approximate surface area is 101 Å². The highest BCUT2D eigenvalue weighted by atomic mass is 16.5. The van der Waals surface area contributed by atoms with Crippen molar-refractivity contribution in [1.29, 1.82) is 0 Å². The Morgan fingerprint density at radius 2 is 1.94 bits per heavy atom. The molecular formula is C13H28N2O. The van der Waals surface area contributed by atoms with Crippen LogP contribution >= 0.6 is 0 Å². The van der Waals surface area contributed by atoms with Crippen LogP contribution < -0.4 is 5.32 Å². The van der Waals surface area contributed by atoms with Gasteiger partial charge in [0.1, 0.15) is 0 Å². The van der Waals surface area contributed by atoms with Gasteiger partial charge in [-0.25, -0.2) is 0 Å². The van der Waals surface area contributed by atoms with Gasteiger partial charge in [0.05, 0.1) is 6.61 Å². The van der Waals surface area contributed by atoms with Crippen molar-refractivity contribution in [2.24, 2.45) is 5.92 Å². The fraction of sp³-hybridized carbons (Fsp3) is 1.00. The lowest BCUT2D eigenvalue weighted by Crippen LogP contribution is -2.34. The van der Waals surface area contributed by atoms with Gasteiger partial charge >= 0.3 is 0 Å². The van der Waals surface area contributed by atoms with Crippen LogP contribution in [0.15, 0.2) is 0 Å². The highest BCUT2D eigenvalue weighted by Gasteiger charge is 2.14. The van der Waals surface area contributed by atoms with Crippen LogP contribution in [-0.2, 0) is 4.74 Å². The molecule has 0 bridgehead atoms. The number of nitrogens with zero attached hydrogens (tertiary/aromatic N) is 1. The number of hydrogen-bond donors (Lipinski definition) is 1. The molecule has 3 nitrogen and oxygen atoms in total. The van der Waals surface area contributed by atoms with Gasteiger partial charge in [-0.1, -0.05) is 19.3 Å². The van der Waals surface area contributed by atoms with Crippen molar-refractivity contribution < 1.29 is 4.74 Å². The molecule has 0 spiro atoms. The van der Waals surface area contributed by atoms with E-state index in [1.165, 1.54) is 38.6 Å². The smallest absolute Gasteiger partial charge is 0.0587 e. The third-order valence-corrected chi connectivity index (χ3v) is 3.45.